The first-order valence-electron chi connectivity index (χ1n) is 28.5. The molecule has 0 radical (unpaired) electrons. The van der Waals surface area contributed by atoms with Crippen LogP contribution in [0.3, 0.4) is 0 Å². The maximum absolute atomic E-state index is 15.5. The highest BCUT2D eigenvalue weighted by Crippen LogP contribution is 2.34. The van der Waals surface area contributed by atoms with E-state index in [0.29, 0.717) is 77.5 Å². The summed E-state index contributed by atoms with van der Waals surface area (Å²) in [6.45, 7) is 4.64. The molecule has 2 fully saturated rings. The summed E-state index contributed by atoms with van der Waals surface area (Å²) >= 11 is 16.4. The minimum atomic E-state index is -4.39. The van der Waals surface area contributed by atoms with Crippen LogP contribution in [-0.2, 0) is 24.3 Å². The fourth-order valence-corrected chi connectivity index (χ4v) is 11.9. The number of amides is 2. The number of halogens is 4. The second kappa shape index (κ2) is 34.8. The Bertz CT molecular complexity index is 3970. The molecule has 0 bridgehead atoms. The molecule has 2 atom stereocenters. The Kier molecular flexibility index (Phi) is 27.7. The highest BCUT2D eigenvalue weighted by Gasteiger charge is 2.32. The molecule has 20 nitrogen and oxygen atoms in total. The topological polar surface area (TPSA) is 287 Å². The number of likely N-dealkylation sites (N-methyl/N-ethyl adjacent to an activating group) is 1. The summed E-state index contributed by atoms with van der Waals surface area (Å²) in [5, 5.41) is 18.1. The van der Waals surface area contributed by atoms with Gasteiger partial charge in [-0.1, -0.05) is 85.1 Å². The average Bonchev–Trinajstić information content (AvgIpc) is 0.839. The lowest BCUT2D eigenvalue weighted by Crippen LogP contribution is -2.39. The summed E-state index contributed by atoms with van der Waals surface area (Å²) in [6.07, 6.45) is 8.11. The number of para-hydroxylation sites is 1. The second-order valence-corrected chi connectivity index (χ2v) is 24.3. The predicted octanol–water partition coefficient (Wildman–Crippen LogP) is 12.5. The van der Waals surface area contributed by atoms with E-state index in [-0.39, 0.29) is 79.9 Å². The molecule has 28 heteroatoms. The first-order chi connectivity index (χ1) is 43.2. The zero-order valence-corrected chi connectivity index (χ0v) is 55.0. The van der Waals surface area contributed by atoms with Crippen LogP contribution in [0.2, 0.25) is 10.0 Å². The van der Waals surface area contributed by atoms with Gasteiger partial charge in [0.2, 0.25) is 10.0 Å². The molecule has 2 amide bonds. The van der Waals surface area contributed by atoms with Crippen molar-refractivity contribution in [2.45, 2.75) is 79.2 Å². The Hall–Kier alpha value is -7.79. The normalized spacial score (nSPS) is 13.9. The van der Waals surface area contributed by atoms with Crippen LogP contribution in [0.15, 0.2) is 156 Å². The van der Waals surface area contributed by atoms with Crippen molar-refractivity contribution in [2.75, 3.05) is 51.5 Å². The van der Waals surface area contributed by atoms with Gasteiger partial charge in [-0.05, 0) is 122 Å². The molecule has 8 aromatic rings. The number of nitrogens with one attached hydrogen (secondary N) is 2. The Morgan fingerprint density at radius 3 is 1.64 bits per heavy atom. The number of ether oxygens (including phenoxy) is 3. The van der Waals surface area contributed by atoms with Gasteiger partial charge in [0.05, 0.1) is 51.9 Å². The smallest absolute Gasteiger partial charge is 0.298 e. The van der Waals surface area contributed by atoms with E-state index in [1.807, 2.05) is 25.1 Å². The highest BCUT2D eigenvalue weighted by atomic mass is 35.5. The largest absolute Gasteiger partial charge is 0.429 e. The van der Waals surface area contributed by atoms with E-state index in [1.54, 1.807) is 67.0 Å². The molecule has 2 saturated heterocycles. The Morgan fingerprint density at radius 2 is 1.20 bits per heavy atom. The van der Waals surface area contributed by atoms with Gasteiger partial charge in [0.15, 0.2) is 4.90 Å². The summed E-state index contributed by atoms with van der Waals surface area (Å²) in [7, 11) is -3.16. The van der Waals surface area contributed by atoms with Crippen LogP contribution >= 0.6 is 62.8 Å². The molecule has 92 heavy (non-hydrogen) atoms. The third-order valence-corrected chi connectivity index (χ3v) is 17.4. The van der Waals surface area contributed by atoms with Crippen molar-refractivity contribution in [3.8, 4) is 28.3 Å². The van der Waals surface area contributed by atoms with E-state index >= 15 is 8.78 Å². The minimum Gasteiger partial charge on any atom is -0.429 e. The molecule has 4 heterocycles. The zero-order valence-electron chi connectivity index (χ0n) is 49.8. The van der Waals surface area contributed by atoms with Crippen LogP contribution in [0, 0.1) is 21.7 Å². The number of thiol groups is 1. The molecular formula is C64H68Cl2F2N10O10S4. The summed E-state index contributed by atoms with van der Waals surface area (Å²) in [4.78, 5) is 65.1. The predicted molar refractivity (Wildman–Crippen MR) is 362 cm³/mol. The number of nitro groups is 1. The summed E-state index contributed by atoms with van der Waals surface area (Å²) in [5.41, 5.74) is 15.6. The molecule has 6 aromatic carbocycles. The third kappa shape index (κ3) is 19.4. The number of carbonyl (C=O) groups is 3. The third-order valence-electron chi connectivity index (χ3n) is 14.8. The molecule has 0 saturated carbocycles. The van der Waals surface area contributed by atoms with E-state index in [1.165, 1.54) is 49.5 Å². The first kappa shape index (κ1) is 73.3. The molecule has 486 valence electrons. The number of nitro benzene ring substituents is 1. The maximum Gasteiger partial charge on any atom is 0.298 e. The van der Waals surface area contributed by atoms with Gasteiger partial charge in [-0.2, -0.15) is 31.3 Å². The summed E-state index contributed by atoms with van der Waals surface area (Å²) in [5.74, 6) is -1.60. The number of anilines is 2. The number of rotatable bonds is 19. The zero-order chi connectivity index (χ0) is 64.5. The standard InChI is InChI=1S/C31H30ClFN6O6S.C26H28ClFN4O2.C7H6O2S.2H2S/c1-38(46(43,44)28-8-3-2-7-27(28)39(41)42)18-26(20-5-4-6-22(32)15-20)37-31(40)23-10-9-21(16-24(23)33)29-30(34)35-17-25(36-29)19-11-13-45-14-12-19;1-2-4-22(17-5-3-6-19(27)13-17)32-26(33)20-8-7-18(14-21(20)28)24-25(29)30-15-23(31-24)16-9-11-34-12-10-16;8-5-9-6-1-3-7(10)4-2-6;;/h2-10,15-17,19,26H,11-14,18H2,1H3,(H2,34,35)(H,37,40);3,5-8,13-16,22H,2,4,9-12H2,1H3,(H2,29,30)(H,32,33);1-5,10H;2*1H2/t26-;22-;;;/m11.../s1. The van der Waals surface area contributed by atoms with Crippen molar-refractivity contribution in [2.24, 2.45) is 0 Å². The summed E-state index contributed by atoms with van der Waals surface area (Å²) in [6, 6.07) is 32.5. The van der Waals surface area contributed by atoms with E-state index < -0.39 is 55.0 Å². The Balaban J connectivity index is 0.000000256. The minimum absolute atomic E-state index is 0. The van der Waals surface area contributed by atoms with Crippen molar-refractivity contribution >= 4 is 108 Å². The summed E-state index contributed by atoms with van der Waals surface area (Å²) < 4.78 is 73.7. The number of sulfonamides is 1. The average molecular weight is 1370 g/mol. The highest BCUT2D eigenvalue weighted by molar-refractivity contribution is 7.89. The first-order valence-corrected chi connectivity index (χ1v) is 31.1. The maximum atomic E-state index is 15.5. The van der Waals surface area contributed by atoms with E-state index in [2.05, 4.69) is 47.9 Å². The van der Waals surface area contributed by atoms with Crippen molar-refractivity contribution < 1.29 is 50.7 Å². The van der Waals surface area contributed by atoms with Crippen molar-refractivity contribution in [1.29, 1.82) is 0 Å². The van der Waals surface area contributed by atoms with Crippen molar-refractivity contribution in [3.63, 3.8) is 0 Å². The van der Waals surface area contributed by atoms with Gasteiger partial charge >= 0.3 is 0 Å². The molecule has 0 spiro atoms. The van der Waals surface area contributed by atoms with Gasteiger partial charge in [0, 0.05) is 84.0 Å². The SMILES string of the molecule is CCC[C@@H](NC(=O)c1ccc(-c2nc(C3CCOCC3)cnc2N)cc1F)c1cccc(Cl)c1.CN(C[C@@H](NC(=O)c1ccc(-c2nc(C3CCOCC3)cnc2N)cc1F)c1cccc(Cl)c1)S(=O)(=O)c1ccccc1[N+](=O)[O-].O=COc1ccc(S)cc1.S.S. The van der Waals surface area contributed by atoms with E-state index in [9.17, 15) is 32.9 Å². The van der Waals surface area contributed by atoms with Crippen LogP contribution in [0.4, 0.5) is 26.1 Å². The van der Waals surface area contributed by atoms with Crippen LogP contribution in [0.5, 0.6) is 5.75 Å². The van der Waals surface area contributed by atoms with E-state index in [0.717, 1.165) is 76.5 Å². The van der Waals surface area contributed by atoms with Gasteiger partial charge < -0.3 is 36.3 Å². The fraction of sp³-hybridized carbons (Fsp3) is 0.266. The number of aromatic nitrogens is 4. The van der Waals surface area contributed by atoms with Crippen LogP contribution in [-0.4, -0.2) is 95.9 Å². The number of nitrogen functional groups attached to an aromatic ring is 2. The van der Waals surface area contributed by atoms with Gasteiger partial charge in [-0.25, -0.2) is 37.1 Å². The van der Waals surface area contributed by atoms with Crippen molar-refractivity contribution in [3.05, 3.63) is 211 Å². The molecule has 2 aliphatic rings. The molecule has 0 unspecified atom stereocenters. The molecular weight excluding hydrogens is 1310 g/mol. The number of nitrogens with zero attached hydrogens (tertiary/aromatic N) is 6. The molecule has 2 aromatic heterocycles. The lowest BCUT2D eigenvalue weighted by Gasteiger charge is -2.25. The van der Waals surface area contributed by atoms with Gasteiger partial charge in [-0.15, -0.1) is 12.6 Å². The lowest BCUT2D eigenvalue weighted by molar-refractivity contribution is -0.387. The molecule has 6 N–H and O–H groups in total. The van der Waals surface area contributed by atoms with Crippen molar-refractivity contribution in [1.82, 2.24) is 34.9 Å². The molecule has 2 aliphatic heterocycles. The number of hydrogen-bond donors (Lipinski definition) is 5. The van der Waals surface area contributed by atoms with Crippen LogP contribution < -0.4 is 26.8 Å². The van der Waals surface area contributed by atoms with E-state index in [4.69, 9.17) is 44.1 Å². The van der Waals surface area contributed by atoms with Gasteiger partial charge in [0.25, 0.3) is 24.0 Å². The molecule has 0 aliphatic carbocycles. The Labute approximate surface area is 560 Å². The number of nitrogens with two attached hydrogens (primary N) is 2. The van der Waals surface area contributed by atoms with Crippen LogP contribution in [0.1, 0.15) is 113 Å². The number of carbonyl (C=O) groups excluding carboxylic acids is 3. The number of hydrogen-bond acceptors (Lipinski definition) is 17. The van der Waals surface area contributed by atoms with Gasteiger partial charge in [0.1, 0.15) is 40.4 Å². The fourth-order valence-electron chi connectivity index (χ4n) is 10.0. The lowest BCUT2D eigenvalue weighted by atomic mass is 9.96. The van der Waals surface area contributed by atoms with Gasteiger partial charge in [-0.3, -0.25) is 24.5 Å². The quantitative estimate of drug-likeness (QED) is 0.0218. The number of benzene rings is 6. The monoisotopic (exact) mass is 1370 g/mol. The Morgan fingerprint density at radius 1 is 0.728 bits per heavy atom. The molecule has 10 rings (SSSR count). The second-order valence-electron chi connectivity index (χ2n) is 20.9. The van der Waals surface area contributed by atoms with Crippen LogP contribution in [0.25, 0.3) is 22.5 Å².